The smallest absolute Gasteiger partial charge is 0.250 e. The van der Waals surface area contributed by atoms with Gasteiger partial charge in [0, 0.05) is 4.88 Å². The van der Waals surface area contributed by atoms with Gasteiger partial charge in [-0.1, -0.05) is 25.6 Å². The van der Waals surface area contributed by atoms with Crippen LogP contribution in [0.25, 0.3) is 0 Å². The summed E-state index contributed by atoms with van der Waals surface area (Å²) >= 11 is 6.44. The molecule has 1 saturated carbocycles. The van der Waals surface area contributed by atoms with Crippen molar-refractivity contribution in [3.05, 3.63) is 17.0 Å². The van der Waals surface area contributed by atoms with Crippen molar-refractivity contribution in [3.8, 4) is 0 Å². The third kappa shape index (κ3) is 3.64. The zero-order valence-corrected chi connectivity index (χ0v) is 14.8. The van der Waals surface area contributed by atoms with E-state index >= 15 is 0 Å². The van der Waals surface area contributed by atoms with E-state index in [2.05, 4.69) is 11.6 Å². The molecule has 0 atom stereocenters. The molecule has 0 bridgehead atoms. The van der Waals surface area contributed by atoms with Crippen LogP contribution in [-0.4, -0.2) is 18.9 Å². The van der Waals surface area contributed by atoms with Gasteiger partial charge in [-0.15, -0.1) is 11.3 Å². The average Bonchev–Trinajstić information content (AvgIpc) is 2.86. The summed E-state index contributed by atoms with van der Waals surface area (Å²) in [4.78, 5) is 1.23. The SMILES string of the molecule is CCC1CCC(NS(=O)(=O)c2ccc(C)s2)(C(N)=S)CC1. The summed E-state index contributed by atoms with van der Waals surface area (Å²) in [5, 5.41) is 0. The molecule has 0 spiro atoms. The van der Waals surface area contributed by atoms with Crippen molar-refractivity contribution in [1.29, 1.82) is 0 Å². The maximum Gasteiger partial charge on any atom is 0.250 e. The van der Waals surface area contributed by atoms with E-state index in [-0.39, 0.29) is 4.99 Å². The minimum absolute atomic E-state index is 0.258. The fraction of sp³-hybridized carbons (Fsp3) is 0.643. The first-order valence-electron chi connectivity index (χ1n) is 7.19. The molecule has 4 nitrogen and oxygen atoms in total. The molecule has 1 aromatic rings. The first-order chi connectivity index (χ1) is 9.79. The lowest BCUT2D eigenvalue weighted by Crippen LogP contribution is -2.58. The van der Waals surface area contributed by atoms with Crippen LogP contribution in [0.3, 0.4) is 0 Å². The molecule has 2 rings (SSSR count). The highest BCUT2D eigenvalue weighted by Crippen LogP contribution is 2.35. The molecule has 0 saturated heterocycles. The van der Waals surface area contributed by atoms with E-state index in [1.807, 2.05) is 6.92 Å². The van der Waals surface area contributed by atoms with Crippen molar-refractivity contribution in [1.82, 2.24) is 4.72 Å². The van der Waals surface area contributed by atoms with Gasteiger partial charge in [-0.05, 0) is 50.7 Å². The van der Waals surface area contributed by atoms with Crippen LogP contribution < -0.4 is 10.5 Å². The van der Waals surface area contributed by atoms with Crippen LogP contribution >= 0.6 is 23.6 Å². The Morgan fingerprint density at radius 1 is 1.48 bits per heavy atom. The fourth-order valence-corrected chi connectivity index (χ4v) is 5.89. The van der Waals surface area contributed by atoms with Crippen molar-refractivity contribution in [2.24, 2.45) is 11.7 Å². The lowest BCUT2D eigenvalue weighted by Gasteiger charge is -2.39. The van der Waals surface area contributed by atoms with Gasteiger partial charge in [0.1, 0.15) is 4.21 Å². The highest BCUT2D eigenvalue weighted by atomic mass is 32.2. The van der Waals surface area contributed by atoms with Crippen LogP contribution in [0.2, 0.25) is 0 Å². The van der Waals surface area contributed by atoms with Gasteiger partial charge in [0.05, 0.1) is 10.5 Å². The number of nitrogens with one attached hydrogen (secondary N) is 1. The van der Waals surface area contributed by atoms with Gasteiger partial charge in [0.25, 0.3) is 10.0 Å². The first kappa shape index (κ1) is 16.9. The summed E-state index contributed by atoms with van der Waals surface area (Å²) in [6.07, 6.45) is 4.40. The van der Waals surface area contributed by atoms with Crippen LogP contribution in [-0.2, 0) is 10.0 Å². The van der Waals surface area contributed by atoms with Gasteiger partial charge in [-0.3, -0.25) is 0 Å². The highest BCUT2D eigenvalue weighted by Gasteiger charge is 2.41. The van der Waals surface area contributed by atoms with Crippen LogP contribution in [0.5, 0.6) is 0 Å². The fourth-order valence-electron chi connectivity index (χ4n) is 2.84. The Morgan fingerprint density at radius 2 is 2.10 bits per heavy atom. The molecule has 1 aromatic heterocycles. The maximum atomic E-state index is 12.6. The molecular formula is C14H22N2O2S3. The van der Waals surface area contributed by atoms with Crippen molar-refractivity contribution >= 4 is 38.6 Å². The molecule has 1 aliphatic rings. The number of hydrogen-bond donors (Lipinski definition) is 2. The summed E-state index contributed by atoms with van der Waals surface area (Å²) in [5.41, 5.74) is 5.12. The van der Waals surface area contributed by atoms with Crippen molar-refractivity contribution in [3.63, 3.8) is 0 Å². The largest absolute Gasteiger partial charge is 0.392 e. The quantitative estimate of drug-likeness (QED) is 0.804. The standard InChI is InChI=1S/C14H22N2O2S3/c1-3-11-6-8-14(9-7-11,13(15)19)16-21(17,18)12-5-4-10(2)20-12/h4-5,11,16H,3,6-9H2,1-2H3,(H2,15,19). The van der Waals surface area contributed by atoms with Gasteiger partial charge in [-0.2, -0.15) is 4.72 Å². The molecule has 3 N–H and O–H groups in total. The number of thiocarbonyl (C=S) groups is 1. The molecule has 7 heteroatoms. The third-order valence-corrected chi connectivity index (χ3v) is 7.74. The lowest BCUT2D eigenvalue weighted by atomic mass is 9.76. The molecule has 0 radical (unpaired) electrons. The molecule has 1 fully saturated rings. The third-order valence-electron chi connectivity index (χ3n) is 4.32. The number of nitrogens with two attached hydrogens (primary N) is 1. The predicted octanol–water partition coefficient (Wildman–Crippen LogP) is 2.96. The van der Waals surface area contributed by atoms with Gasteiger partial charge in [0.15, 0.2) is 0 Å². The zero-order valence-electron chi connectivity index (χ0n) is 12.4. The summed E-state index contributed by atoms with van der Waals surface area (Å²) in [6, 6.07) is 3.44. The predicted molar refractivity (Wildman–Crippen MR) is 91.1 cm³/mol. The Labute approximate surface area is 136 Å². The number of hydrogen-bond acceptors (Lipinski definition) is 4. The Balaban J connectivity index is 2.23. The number of aryl methyl sites for hydroxylation is 1. The molecule has 21 heavy (non-hydrogen) atoms. The second kappa shape index (κ2) is 6.32. The summed E-state index contributed by atoms with van der Waals surface area (Å²) in [5.74, 6) is 0.640. The molecule has 0 aromatic carbocycles. The number of sulfonamides is 1. The average molecular weight is 347 g/mol. The van der Waals surface area contributed by atoms with Crippen LogP contribution in [0, 0.1) is 12.8 Å². The number of rotatable bonds is 5. The van der Waals surface area contributed by atoms with E-state index in [9.17, 15) is 8.42 Å². The van der Waals surface area contributed by atoms with Crippen LogP contribution in [0.15, 0.2) is 16.3 Å². The van der Waals surface area contributed by atoms with Crippen LogP contribution in [0.4, 0.5) is 0 Å². The normalized spacial score (nSPS) is 26.7. The van der Waals surface area contributed by atoms with Crippen molar-refractivity contribution in [2.75, 3.05) is 0 Å². The van der Waals surface area contributed by atoms with E-state index in [1.165, 1.54) is 11.3 Å². The van der Waals surface area contributed by atoms with E-state index < -0.39 is 15.6 Å². The Kier molecular flexibility index (Phi) is 5.07. The topological polar surface area (TPSA) is 72.2 Å². The van der Waals surface area contributed by atoms with E-state index in [0.717, 1.165) is 24.1 Å². The van der Waals surface area contributed by atoms with Gasteiger partial charge >= 0.3 is 0 Å². The highest BCUT2D eigenvalue weighted by molar-refractivity contribution is 7.91. The summed E-state index contributed by atoms with van der Waals surface area (Å²) in [7, 11) is -3.57. The monoisotopic (exact) mass is 346 g/mol. The van der Waals surface area contributed by atoms with Crippen molar-refractivity contribution < 1.29 is 8.42 Å². The summed E-state index contributed by atoms with van der Waals surface area (Å²) < 4.78 is 28.2. The minimum Gasteiger partial charge on any atom is -0.392 e. The molecule has 0 amide bonds. The molecule has 0 unspecified atom stereocenters. The zero-order chi connectivity index (χ0) is 15.7. The Morgan fingerprint density at radius 3 is 2.52 bits per heavy atom. The van der Waals surface area contributed by atoms with E-state index in [0.29, 0.717) is 23.0 Å². The minimum atomic E-state index is -3.57. The summed E-state index contributed by atoms with van der Waals surface area (Å²) in [6.45, 7) is 4.05. The van der Waals surface area contributed by atoms with E-state index in [4.69, 9.17) is 18.0 Å². The van der Waals surface area contributed by atoms with Gasteiger partial charge < -0.3 is 5.73 Å². The molecule has 0 aliphatic heterocycles. The second-order valence-electron chi connectivity index (χ2n) is 5.77. The molecule has 1 heterocycles. The molecular weight excluding hydrogens is 324 g/mol. The van der Waals surface area contributed by atoms with Crippen LogP contribution in [0.1, 0.15) is 43.9 Å². The van der Waals surface area contributed by atoms with Gasteiger partial charge in [0.2, 0.25) is 0 Å². The maximum absolute atomic E-state index is 12.6. The number of thiophene rings is 1. The second-order valence-corrected chi connectivity index (χ2v) is 9.41. The molecule has 1 aliphatic carbocycles. The molecule has 118 valence electrons. The van der Waals surface area contributed by atoms with E-state index in [1.54, 1.807) is 12.1 Å². The van der Waals surface area contributed by atoms with Crippen molar-refractivity contribution in [2.45, 2.75) is 55.7 Å². The Bertz CT molecular complexity index is 614. The first-order valence-corrected chi connectivity index (χ1v) is 9.90. The lowest BCUT2D eigenvalue weighted by molar-refractivity contribution is 0.269. The Hall–Kier alpha value is -0.500. The van der Waals surface area contributed by atoms with Gasteiger partial charge in [-0.25, -0.2) is 8.42 Å².